The number of halogens is 1. The average molecular weight is 301 g/mol. The van der Waals surface area contributed by atoms with Gasteiger partial charge >= 0.3 is 0 Å². The van der Waals surface area contributed by atoms with Crippen molar-refractivity contribution < 1.29 is 5.11 Å². The Hall–Kier alpha value is -2.10. The van der Waals surface area contributed by atoms with Gasteiger partial charge in [-0.3, -0.25) is 0 Å². The molecule has 3 nitrogen and oxygen atoms in total. The van der Waals surface area contributed by atoms with E-state index in [-0.39, 0.29) is 12.3 Å². The SMILES string of the molecule is N=C(/C=C(\NCc1cccc(Cl)c1)c1ccccc1)CO. The standard InChI is InChI=1S/C17H17ClN2O/c18-15-8-4-5-13(9-15)11-20-17(10-16(19)12-21)14-6-2-1-3-7-14/h1-10,19-21H,11-12H2/b17-10-,19-16?. The third-order valence-electron chi connectivity index (χ3n) is 2.95. The Kier molecular flexibility index (Phi) is 5.55. The molecule has 0 spiro atoms. The lowest BCUT2D eigenvalue weighted by atomic mass is 10.1. The summed E-state index contributed by atoms with van der Waals surface area (Å²) < 4.78 is 0. The summed E-state index contributed by atoms with van der Waals surface area (Å²) >= 11 is 5.97. The lowest BCUT2D eigenvalue weighted by Crippen LogP contribution is -2.14. The zero-order valence-corrected chi connectivity index (χ0v) is 12.3. The van der Waals surface area contributed by atoms with Crippen molar-refractivity contribution in [3.8, 4) is 0 Å². The van der Waals surface area contributed by atoms with E-state index in [1.807, 2.05) is 54.6 Å². The molecule has 21 heavy (non-hydrogen) atoms. The molecule has 0 saturated carbocycles. The molecule has 4 heteroatoms. The normalized spacial score (nSPS) is 11.2. The van der Waals surface area contributed by atoms with Crippen LogP contribution in [0.2, 0.25) is 5.02 Å². The molecule has 0 atom stereocenters. The topological polar surface area (TPSA) is 56.1 Å². The highest BCUT2D eigenvalue weighted by atomic mass is 35.5. The molecular formula is C17H17ClN2O. The summed E-state index contributed by atoms with van der Waals surface area (Å²) in [5, 5.41) is 20.7. The van der Waals surface area contributed by atoms with Gasteiger partial charge in [-0.2, -0.15) is 0 Å². The number of aliphatic hydroxyl groups excluding tert-OH is 1. The van der Waals surface area contributed by atoms with Gasteiger partial charge < -0.3 is 15.8 Å². The first-order valence-electron chi connectivity index (χ1n) is 6.63. The molecule has 2 aromatic carbocycles. The van der Waals surface area contributed by atoms with Gasteiger partial charge in [0, 0.05) is 17.3 Å². The maximum atomic E-state index is 9.04. The first-order chi connectivity index (χ1) is 10.2. The molecule has 0 fully saturated rings. The van der Waals surface area contributed by atoms with Crippen LogP contribution in [0.4, 0.5) is 0 Å². The van der Waals surface area contributed by atoms with Crippen LogP contribution in [0.25, 0.3) is 5.70 Å². The number of rotatable bonds is 6. The molecule has 0 bridgehead atoms. The molecule has 0 unspecified atom stereocenters. The van der Waals surface area contributed by atoms with Gasteiger partial charge in [0.25, 0.3) is 0 Å². The van der Waals surface area contributed by atoms with Crippen LogP contribution in [-0.2, 0) is 6.54 Å². The van der Waals surface area contributed by atoms with Crippen LogP contribution in [0.5, 0.6) is 0 Å². The first kappa shape index (κ1) is 15.3. The van der Waals surface area contributed by atoms with Crippen molar-refractivity contribution in [3.05, 3.63) is 76.8 Å². The van der Waals surface area contributed by atoms with Gasteiger partial charge in [-0.1, -0.05) is 54.1 Å². The fourth-order valence-corrected chi connectivity index (χ4v) is 2.13. The summed E-state index contributed by atoms with van der Waals surface area (Å²) in [7, 11) is 0. The highest BCUT2D eigenvalue weighted by Gasteiger charge is 2.03. The third-order valence-corrected chi connectivity index (χ3v) is 3.18. The number of aliphatic hydroxyl groups is 1. The minimum Gasteiger partial charge on any atom is -0.390 e. The van der Waals surface area contributed by atoms with Crippen molar-refractivity contribution in [1.82, 2.24) is 5.32 Å². The fraction of sp³-hybridized carbons (Fsp3) is 0.118. The van der Waals surface area contributed by atoms with Gasteiger partial charge in [0.05, 0.1) is 12.3 Å². The van der Waals surface area contributed by atoms with Crippen LogP contribution < -0.4 is 5.32 Å². The average Bonchev–Trinajstić information content (AvgIpc) is 2.52. The summed E-state index contributed by atoms with van der Waals surface area (Å²) in [6.45, 7) is 0.315. The Balaban J connectivity index is 2.17. The largest absolute Gasteiger partial charge is 0.390 e. The first-order valence-corrected chi connectivity index (χ1v) is 7.00. The molecule has 0 radical (unpaired) electrons. The van der Waals surface area contributed by atoms with Crippen molar-refractivity contribution in [3.63, 3.8) is 0 Å². The van der Waals surface area contributed by atoms with Crippen molar-refractivity contribution >= 4 is 23.0 Å². The quantitative estimate of drug-likeness (QED) is 0.715. The zero-order chi connectivity index (χ0) is 15.1. The minimum absolute atomic E-state index is 0.160. The number of benzene rings is 2. The van der Waals surface area contributed by atoms with Gasteiger partial charge in [0.2, 0.25) is 0 Å². The van der Waals surface area contributed by atoms with E-state index in [0.717, 1.165) is 16.8 Å². The highest BCUT2D eigenvalue weighted by molar-refractivity contribution is 6.30. The van der Waals surface area contributed by atoms with Crippen LogP contribution in [0, 0.1) is 5.41 Å². The van der Waals surface area contributed by atoms with Crippen LogP contribution >= 0.6 is 11.6 Å². The number of hydrogen-bond acceptors (Lipinski definition) is 3. The van der Waals surface area contributed by atoms with E-state index in [0.29, 0.717) is 11.6 Å². The second-order valence-corrected chi connectivity index (χ2v) is 5.03. The molecule has 0 aliphatic heterocycles. The van der Waals surface area contributed by atoms with Crippen LogP contribution in [0.1, 0.15) is 11.1 Å². The molecule has 0 saturated heterocycles. The highest BCUT2D eigenvalue weighted by Crippen LogP contribution is 2.14. The molecule has 0 aromatic heterocycles. The Bertz CT molecular complexity index is 638. The molecule has 0 aliphatic carbocycles. The zero-order valence-electron chi connectivity index (χ0n) is 11.5. The summed E-state index contributed by atoms with van der Waals surface area (Å²) in [6, 6.07) is 17.4. The Labute approximate surface area is 129 Å². The smallest absolute Gasteiger partial charge is 0.0846 e. The van der Waals surface area contributed by atoms with Crippen molar-refractivity contribution in [2.45, 2.75) is 6.54 Å². The molecule has 0 heterocycles. The van der Waals surface area contributed by atoms with Crippen LogP contribution in [0.15, 0.2) is 60.7 Å². The molecule has 2 rings (SSSR count). The van der Waals surface area contributed by atoms with Gasteiger partial charge in [0.15, 0.2) is 0 Å². The van der Waals surface area contributed by atoms with Gasteiger partial charge in [0.1, 0.15) is 0 Å². The molecular weight excluding hydrogens is 284 g/mol. The van der Waals surface area contributed by atoms with Gasteiger partial charge in [-0.25, -0.2) is 0 Å². The second-order valence-electron chi connectivity index (χ2n) is 4.59. The predicted octanol–water partition coefficient (Wildman–Crippen LogP) is 3.48. The summed E-state index contributed by atoms with van der Waals surface area (Å²) in [5.41, 5.74) is 2.99. The van der Waals surface area contributed by atoms with E-state index in [1.165, 1.54) is 0 Å². The van der Waals surface area contributed by atoms with E-state index in [1.54, 1.807) is 6.08 Å². The predicted molar refractivity (Wildman–Crippen MR) is 87.5 cm³/mol. The Morgan fingerprint density at radius 1 is 1.14 bits per heavy atom. The molecule has 3 N–H and O–H groups in total. The van der Waals surface area contributed by atoms with E-state index in [4.69, 9.17) is 22.1 Å². The van der Waals surface area contributed by atoms with E-state index < -0.39 is 0 Å². The number of hydrogen-bond donors (Lipinski definition) is 3. The van der Waals surface area contributed by atoms with Crippen LogP contribution in [-0.4, -0.2) is 17.4 Å². The maximum Gasteiger partial charge on any atom is 0.0846 e. The van der Waals surface area contributed by atoms with Crippen molar-refractivity contribution in [1.29, 1.82) is 5.41 Å². The van der Waals surface area contributed by atoms with Crippen LogP contribution in [0.3, 0.4) is 0 Å². The van der Waals surface area contributed by atoms with Crippen molar-refractivity contribution in [2.24, 2.45) is 0 Å². The Morgan fingerprint density at radius 3 is 2.57 bits per heavy atom. The van der Waals surface area contributed by atoms with E-state index in [9.17, 15) is 0 Å². The van der Waals surface area contributed by atoms with Gasteiger partial charge in [-0.05, 0) is 29.3 Å². The van der Waals surface area contributed by atoms with Crippen molar-refractivity contribution in [2.75, 3.05) is 6.61 Å². The lowest BCUT2D eigenvalue weighted by molar-refractivity contribution is 0.357. The maximum absolute atomic E-state index is 9.04. The summed E-state index contributed by atoms with van der Waals surface area (Å²) in [6.07, 6.45) is 1.64. The minimum atomic E-state index is -0.283. The molecule has 0 amide bonds. The monoisotopic (exact) mass is 300 g/mol. The summed E-state index contributed by atoms with van der Waals surface area (Å²) in [5.74, 6) is 0. The van der Waals surface area contributed by atoms with E-state index >= 15 is 0 Å². The van der Waals surface area contributed by atoms with E-state index in [2.05, 4.69) is 5.32 Å². The molecule has 108 valence electrons. The number of nitrogens with one attached hydrogen (secondary N) is 2. The molecule has 0 aliphatic rings. The molecule has 2 aromatic rings. The third kappa shape index (κ3) is 4.74. The summed E-state index contributed by atoms with van der Waals surface area (Å²) in [4.78, 5) is 0. The second kappa shape index (κ2) is 7.62. The van der Waals surface area contributed by atoms with Gasteiger partial charge in [-0.15, -0.1) is 0 Å². The lowest BCUT2D eigenvalue weighted by Gasteiger charge is -2.12. The Morgan fingerprint density at radius 2 is 1.90 bits per heavy atom. The fourth-order valence-electron chi connectivity index (χ4n) is 1.92.